The first-order valence-electron chi connectivity index (χ1n) is 10.8. The first kappa shape index (κ1) is 23.1. The Labute approximate surface area is 189 Å². The number of aryl methyl sites for hydroxylation is 3. The van der Waals surface area contributed by atoms with Gasteiger partial charge in [0.2, 0.25) is 0 Å². The van der Waals surface area contributed by atoms with Gasteiger partial charge in [-0.1, -0.05) is 42.5 Å². The van der Waals surface area contributed by atoms with E-state index in [1.54, 1.807) is 7.11 Å². The van der Waals surface area contributed by atoms with Crippen LogP contribution in [0.4, 0.5) is 0 Å². The van der Waals surface area contributed by atoms with E-state index in [4.69, 9.17) is 14.6 Å². The van der Waals surface area contributed by atoms with Gasteiger partial charge < -0.3 is 14.6 Å². The van der Waals surface area contributed by atoms with Crippen molar-refractivity contribution in [2.45, 2.75) is 32.1 Å². The van der Waals surface area contributed by atoms with E-state index in [9.17, 15) is 4.79 Å². The zero-order valence-corrected chi connectivity index (χ0v) is 18.4. The van der Waals surface area contributed by atoms with Crippen LogP contribution in [0.1, 0.15) is 35.4 Å². The number of methoxy groups -OCH3 is 1. The van der Waals surface area contributed by atoms with Crippen LogP contribution in [-0.2, 0) is 24.1 Å². The van der Waals surface area contributed by atoms with Gasteiger partial charge in [-0.3, -0.25) is 0 Å². The number of carboxylic acid groups (broad SMARTS) is 1. The number of pyridine rings is 1. The van der Waals surface area contributed by atoms with Crippen molar-refractivity contribution in [3.8, 4) is 11.5 Å². The molecule has 0 fully saturated rings. The van der Waals surface area contributed by atoms with Crippen molar-refractivity contribution in [3.63, 3.8) is 0 Å². The SMILES string of the molecule is COc1ccc(CCCCOc2ccc(CCc3ccccc3)nc2/C=C/C(=O)O)cc1. The Morgan fingerprint density at radius 2 is 1.66 bits per heavy atom. The molecule has 1 aromatic heterocycles. The molecule has 0 aliphatic rings. The molecule has 0 radical (unpaired) electrons. The summed E-state index contributed by atoms with van der Waals surface area (Å²) in [5.74, 6) is 0.459. The third-order valence-electron chi connectivity index (χ3n) is 5.12. The minimum atomic E-state index is -1.01. The lowest BCUT2D eigenvalue weighted by Crippen LogP contribution is -2.03. The molecule has 0 saturated carbocycles. The molecule has 0 aliphatic carbocycles. The highest BCUT2D eigenvalue weighted by molar-refractivity contribution is 5.85. The Morgan fingerprint density at radius 3 is 2.38 bits per heavy atom. The number of rotatable bonds is 12. The Balaban J connectivity index is 1.54. The Morgan fingerprint density at radius 1 is 0.906 bits per heavy atom. The average Bonchev–Trinajstić information content (AvgIpc) is 2.83. The van der Waals surface area contributed by atoms with Crippen molar-refractivity contribution < 1.29 is 19.4 Å². The molecule has 5 heteroatoms. The third kappa shape index (κ3) is 7.58. The number of unbranched alkanes of at least 4 members (excludes halogenated alkanes) is 1. The van der Waals surface area contributed by atoms with Crippen LogP contribution < -0.4 is 9.47 Å². The van der Waals surface area contributed by atoms with Crippen molar-refractivity contribution >= 4 is 12.0 Å². The summed E-state index contributed by atoms with van der Waals surface area (Å²) in [7, 11) is 1.66. The maximum absolute atomic E-state index is 11.0. The Kier molecular flexibility index (Phi) is 8.87. The number of carboxylic acids is 1. The molecular weight excluding hydrogens is 402 g/mol. The highest BCUT2D eigenvalue weighted by Crippen LogP contribution is 2.20. The maximum atomic E-state index is 11.0. The number of aromatic nitrogens is 1. The summed E-state index contributed by atoms with van der Waals surface area (Å²) in [6.45, 7) is 0.551. The molecule has 0 amide bonds. The van der Waals surface area contributed by atoms with E-state index >= 15 is 0 Å². The number of carbonyl (C=O) groups is 1. The van der Waals surface area contributed by atoms with Gasteiger partial charge in [0, 0.05) is 11.8 Å². The highest BCUT2D eigenvalue weighted by atomic mass is 16.5. The Hall–Kier alpha value is -3.60. The number of hydrogen-bond acceptors (Lipinski definition) is 4. The highest BCUT2D eigenvalue weighted by Gasteiger charge is 2.07. The van der Waals surface area contributed by atoms with E-state index in [2.05, 4.69) is 29.2 Å². The predicted octanol–water partition coefficient (Wildman–Crippen LogP) is 5.37. The summed E-state index contributed by atoms with van der Waals surface area (Å²) in [5, 5.41) is 9.01. The van der Waals surface area contributed by atoms with Gasteiger partial charge in [0.15, 0.2) is 0 Å². The van der Waals surface area contributed by atoms with Gasteiger partial charge in [-0.15, -0.1) is 0 Å². The van der Waals surface area contributed by atoms with E-state index in [0.29, 0.717) is 18.1 Å². The van der Waals surface area contributed by atoms with Crippen LogP contribution in [0.5, 0.6) is 11.5 Å². The average molecular weight is 432 g/mol. The topological polar surface area (TPSA) is 68.7 Å². The second-order valence-electron chi connectivity index (χ2n) is 7.50. The van der Waals surface area contributed by atoms with Crippen LogP contribution in [0, 0.1) is 0 Å². The first-order valence-corrected chi connectivity index (χ1v) is 10.8. The molecule has 32 heavy (non-hydrogen) atoms. The van der Waals surface area contributed by atoms with Crippen molar-refractivity contribution in [1.29, 1.82) is 0 Å². The molecule has 0 unspecified atom stereocenters. The molecule has 3 aromatic rings. The standard InChI is InChI=1S/C27H29NO4/c1-31-24-15-11-22(12-16-24)9-5-6-20-32-26-18-14-23(28-25(26)17-19-27(29)30)13-10-21-7-3-2-4-8-21/h2-4,7-8,11-12,14-19H,5-6,9-10,13,20H2,1H3,(H,29,30)/b19-17+. The fourth-order valence-electron chi connectivity index (χ4n) is 3.36. The van der Waals surface area contributed by atoms with Crippen LogP contribution >= 0.6 is 0 Å². The van der Waals surface area contributed by atoms with Crippen LogP contribution in [-0.4, -0.2) is 29.8 Å². The summed E-state index contributed by atoms with van der Waals surface area (Å²) >= 11 is 0. The molecule has 0 bridgehead atoms. The quantitative estimate of drug-likeness (QED) is 0.308. The summed E-state index contributed by atoms with van der Waals surface area (Å²) in [6, 6.07) is 22.2. The second-order valence-corrected chi connectivity index (χ2v) is 7.50. The fourth-order valence-corrected chi connectivity index (χ4v) is 3.36. The molecule has 166 valence electrons. The molecule has 0 aliphatic heterocycles. The molecular formula is C27H29NO4. The van der Waals surface area contributed by atoms with E-state index in [1.807, 2.05) is 42.5 Å². The monoisotopic (exact) mass is 431 g/mol. The van der Waals surface area contributed by atoms with Gasteiger partial charge in [-0.05, 0) is 73.6 Å². The minimum Gasteiger partial charge on any atom is -0.497 e. The van der Waals surface area contributed by atoms with Gasteiger partial charge in [0.25, 0.3) is 0 Å². The van der Waals surface area contributed by atoms with Crippen molar-refractivity contribution in [3.05, 3.63) is 95.3 Å². The molecule has 0 spiro atoms. The normalized spacial score (nSPS) is 10.9. The molecule has 5 nitrogen and oxygen atoms in total. The van der Waals surface area contributed by atoms with E-state index in [-0.39, 0.29) is 0 Å². The summed E-state index contributed by atoms with van der Waals surface area (Å²) in [6.07, 6.45) is 7.11. The second kappa shape index (κ2) is 12.3. The summed E-state index contributed by atoms with van der Waals surface area (Å²) in [5.41, 5.74) is 3.97. The van der Waals surface area contributed by atoms with Gasteiger partial charge in [0.1, 0.15) is 17.2 Å². The van der Waals surface area contributed by atoms with E-state index in [0.717, 1.165) is 49.6 Å². The smallest absolute Gasteiger partial charge is 0.328 e. The molecule has 3 rings (SSSR count). The van der Waals surface area contributed by atoms with Crippen molar-refractivity contribution in [2.75, 3.05) is 13.7 Å². The number of benzene rings is 2. The third-order valence-corrected chi connectivity index (χ3v) is 5.12. The summed E-state index contributed by atoms with van der Waals surface area (Å²) in [4.78, 5) is 15.6. The molecule has 1 heterocycles. The number of ether oxygens (including phenoxy) is 2. The zero-order chi connectivity index (χ0) is 22.6. The lowest BCUT2D eigenvalue weighted by molar-refractivity contribution is -0.131. The number of aliphatic carboxylic acids is 1. The van der Waals surface area contributed by atoms with Crippen LogP contribution in [0.15, 0.2) is 72.8 Å². The summed E-state index contributed by atoms with van der Waals surface area (Å²) < 4.78 is 11.1. The van der Waals surface area contributed by atoms with Crippen LogP contribution in [0.25, 0.3) is 6.08 Å². The largest absolute Gasteiger partial charge is 0.497 e. The number of nitrogens with zero attached hydrogens (tertiary/aromatic N) is 1. The van der Waals surface area contributed by atoms with Gasteiger partial charge in [0.05, 0.1) is 13.7 Å². The lowest BCUT2D eigenvalue weighted by atomic mass is 10.1. The van der Waals surface area contributed by atoms with E-state index in [1.165, 1.54) is 17.2 Å². The maximum Gasteiger partial charge on any atom is 0.328 e. The predicted molar refractivity (Wildman–Crippen MR) is 126 cm³/mol. The van der Waals surface area contributed by atoms with Gasteiger partial charge in [-0.25, -0.2) is 9.78 Å². The van der Waals surface area contributed by atoms with Gasteiger partial charge in [-0.2, -0.15) is 0 Å². The van der Waals surface area contributed by atoms with Crippen LogP contribution in [0.2, 0.25) is 0 Å². The number of hydrogen-bond donors (Lipinski definition) is 1. The minimum absolute atomic E-state index is 0.549. The van der Waals surface area contributed by atoms with E-state index < -0.39 is 5.97 Å². The van der Waals surface area contributed by atoms with Crippen molar-refractivity contribution in [1.82, 2.24) is 4.98 Å². The van der Waals surface area contributed by atoms with Gasteiger partial charge >= 0.3 is 5.97 Å². The van der Waals surface area contributed by atoms with Crippen molar-refractivity contribution in [2.24, 2.45) is 0 Å². The van der Waals surface area contributed by atoms with Crippen LogP contribution in [0.3, 0.4) is 0 Å². The Bertz CT molecular complexity index is 1010. The molecule has 1 N–H and O–H groups in total. The molecule has 0 saturated heterocycles. The lowest BCUT2D eigenvalue weighted by Gasteiger charge is -2.11. The fraction of sp³-hybridized carbons (Fsp3) is 0.259. The zero-order valence-electron chi connectivity index (χ0n) is 18.4. The molecule has 0 atom stereocenters. The molecule has 2 aromatic carbocycles. The first-order chi connectivity index (χ1) is 15.6.